The smallest absolute Gasteiger partial charge is 0.332 e. The van der Waals surface area contributed by atoms with Crippen LogP contribution in [0.1, 0.15) is 12.0 Å². The molecule has 2 aliphatic heterocycles. The molecule has 0 spiro atoms. The molecule has 2 aromatic carbocycles. The number of carbonyl (C=O) groups is 2. The summed E-state index contributed by atoms with van der Waals surface area (Å²) in [5.74, 6) is -0.431. The van der Waals surface area contributed by atoms with Crippen LogP contribution in [0.25, 0.3) is 11.2 Å². The maximum atomic E-state index is 13.6. The Labute approximate surface area is 238 Å². The number of hydrogen-bond acceptors (Lipinski definition) is 7. The van der Waals surface area contributed by atoms with Gasteiger partial charge in [0.1, 0.15) is 5.82 Å². The molecule has 11 nitrogen and oxygen atoms in total. The number of fused-ring (bicyclic) bond motifs is 1. The van der Waals surface area contributed by atoms with Gasteiger partial charge in [0, 0.05) is 45.3 Å². The van der Waals surface area contributed by atoms with Crippen molar-refractivity contribution >= 4 is 46.2 Å². The van der Waals surface area contributed by atoms with Gasteiger partial charge in [-0.3, -0.25) is 33.0 Å². The second-order valence-electron chi connectivity index (χ2n) is 10.3. The van der Waals surface area contributed by atoms with Crippen LogP contribution in [0.15, 0.2) is 58.1 Å². The number of amides is 2. The molecule has 41 heavy (non-hydrogen) atoms. The first-order valence-electron chi connectivity index (χ1n) is 13.2. The fraction of sp³-hybridized carbons (Fsp3) is 0.321. The second kappa shape index (κ2) is 10.3. The summed E-state index contributed by atoms with van der Waals surface area (Å²) < 4.78 is 17.7. The molecular weight excluding hydrogens is 553 g/mol. The van der Waals surface area contributed by atoms with Crippen LogP contribution in [0, 0.1) is 5.82 Å². The van der Waals surface area contributed by atoms with Gasteiger partial charge in [-0.1, -0.05) is 29.8 Å². The molecule has 1 unspecified atom stereocenters. The zero-order valence-corrected chi connectivity index (χ0v) is 23.2. The van der Waals surface area contributed by atoms with Crippen LogP contribution >= 0.6 is 11.6 Å². The van der Waals surface area contributed by atoms with Crippen LogP contribution < -0.4 is 21.0 Å². The first-order chi connectivity index (χ1) is 19.6. The van der Waals surface area contributed by atoms with Gasteiger partial charge >= 0.3 is 5.69 Å². The van der Waals surface area contributed by atoms with Crippen LogP contribution in [0.3, 0.4) is 0 Å². The maximum Gasteiger partial charge on any atom is 0.332 e. The summed E-state index contributed by atoms with van der Waals surface area (Å²) in [6.45, 7) is 2.13. The molecule has 6 rings (SSSR count). The van der Waals surface area contributed by atoms with Gasteiger partial charge in [-0.25, -0.2) is 14.1 Å². The number of aryl methyl sites for hydroxylation is 1. The molecule has 0 radical (unpaired) electrons. The van der Waals surface area contributed by atoms with Crippen molar-refractivity contribution in [3.63, 3.8) is 0 Å². The first kappa shape index (κ1) is 26.9. The van der Waals surface area contributed by atoms with Crippen molar-refractivity contribution in [3.8, 4) is 0 Å². The standard InChI is InChI=1S/C28H27ClFN7O4/c1-32-24-23(26(40)33(2)28(32)41)36(16-17-6-8-19(30)9-7-17)27(31-24)35-12-10-34(11-13-35)21-15-22(38)37(25(21)39)20-5-3-4-18(29)14-20/h3-9,14,21H,10-13,15-16H2,1-2H3. The molecule has 0 bridgehead atoms. The highest BCUT2D eigenvalue weighted by molar-refractivity contribution is 6.31. The average Bonchev–Trinajstić information content (AvgIpc) is 3.48. The Morgan fingerprint density at radius 1 is 0.951 bits per heavy atom. The Morgan fingerprint density at radius 2 is 1.66 bits per heavy atom. The van der Waals surface area contributed by atoms with E-state index in [9.17, 15) is 23.6 Å². The second-order valence-corrected chi connectivity index (χ2v) is 10.7. The Kier molecular flexibility index (Phi) is 6.74. The molecular formula is C28H27ClFN7O4. The lowest BCUT2D eigenvalue weighted by Crippen LogP contribution is -2.53. The van der Waals surface area contributed by atoms with E-state index in [1.54, 1.807) is 48.0 Å². The number of nitrogens with zero attached hydrogens (tertiary/aromatic N) is 7. The molecule has 212 valence electrons. The van der Waals surface area contributed by atoms with E-state index >= 15 is 0 Å². The van der Waals surface area contributed by atoms with Gasteiger partial charge in [-0.2, -0.15) is 4.98 Å². The SMILES string of the molecule is Cn1c(=O)c2c(nc(N3CCN(C4CC(=O)N(c5cccc(Cl)c5)C4=O)CC3)n2Cc2ccc(F)cc2)n(C)c1=O. The molecule has 13 heteroatoms. The molecule has 2 amide bonds. The largest absolute Gasteiger partial charge is 0.340 e. The van der Waals surface area contributed by atoms with Gasteiger partial charge in [0.05, 0.1) is 24.7 Å². The summed E-state index contributed by atoms with van der Waals surface area (Å²) in [5, 5.41) is 0.441. The van der Waals surface area contributed by atoms with Crippen LogP contribution in [0.2, 0.25) is 5.02 Å². The predicted octanol–water partition coefficient (Wildman–Crippen LogP) is 1.73. The van der Waals surface area contributed by atoms with Crippen molar-refractivity contribution in [2.24, 2.45) is 14.1 Å². The van der Waals surface area contributed by atoms with Crippen molar-refractivity contribution in [2.45, 2.75) is 19.0 Å². The molecule has 2 fully saturated rings. The first-order valence-corrected chi connectivity index (χ1v) is 13.5. The highest BCUT2D eigenvalue weighted by atomic mass is 35.5. The summed E-state index contributed by atoms with van der Waals surface area (Å²) in [4.78, 5) is 61.9. The van der Waals surface area contributed by atoms with E-state index in [1.807, 2.05) is 9.80 Å². The predicted molar refractivity (Wildman–Crippen MR) is 152 cm³/mol. The van der Waals surface area contributed by atoms with E-state index < -0.39 is 17.3 Å². The van der Waals surface area contributed by atoms with Crippen molar-refractivity contribution in [2.75, 3.05) is 36.0 Å². The Morgan fingerprint density at radius 3 is 2.34 bits per heavy atom. The zero-order valence-electron chi connectivity index (χ0n) is 22.5. The number of hydrogen-bond donors (Lipinski definition) is 0. The molecule has 2 aliphatic rings. The number of anilines is 2. The molecule has 0 saturated carbocycles. The third-order valence-corrected chi connectivity index (χ3v) is 8.04. The maximum absolute atomic E-state index is 13.6. The fourth-order valence-corrected chi connectivity index (χ4v) is 5.80. The van der Waals surface area contributed by atoms with Gasteiger partial charge in [0.15, 0.2) is 11.2 Å². The molecule has 0 N–H and O–H groups in total. The van der Waals surface area contributed by atoms with Crippen LogP contribution in [0.4, 0.5) is 16.0 Å². The number of rotatable bonds is 5. The highest BCUT2D eigenvalue weighted by Gasteiger charge is 2.43. The summed E-state index contributed by atoms with van der Waals surface area (Å²) in [5.41, 5.74) is 0.780. The summed E-state index contributed by atoms with van der Waals surface area (Å²) in [7, 11) is 2.99. The number of piperazine rings is 1. The third kappa shape index (κ3) is 4.62. The third-order valence-electron chi connectivity index (χ3n) is 7.81. The monoisotopic (exact) mass is 579 g/mol. The fourth-order valence-electron chi connectivity index (χ4n) is 5.62. The van der Waals surface area contributed by atoms with E-state index in [4.69, 9.17) is 16.6 Å². The zero-order chi connectivity index (χ0) is 29.0. The average molecular weight is 580 g/mol. The normalized spacial score (nSPS) is 18.2. The minimum Gasteiger partial charge on any atom is -0.340 e. The number of imide groups is 1. The number of carbonyl (C=O) groups excluding carboxylic acids is 2. The quantitative estimate of drug-likeness (QED) is 0.332. The van der Waals surface area contributed by atoms with Crippen molar-refractivity contribution in [1.29, 1.82) is 0 Å². The Hall–Kier alpha value is -4.29. The Bertz CT molecular complexity index is 1810. The summed E-state index contributed by atoms with van der Waals surface area (Å²) in [6, 6.07) is 12.1. The number of aromatic nitrogens is 4. The van der Waals surface area contributed by atoms with E-state index in [2.05, 4.69) is 0 Å². The van der Waals surface area contributed by atoms with Crippen molar-refractivity contribution in [3.05, 3.63) is 85.8 Å². The molecule has 4 heterocycles. The lowest BCUT2D eigenvalue weighted by Gasteiger charge is -2.37. The lowest BCUT2D eigenvalue weighted by molar-refractivity contribution is -0.123. The number of imidazole rings is 1. The molecule has 4 aromatic rings. The minimum absolute atomic E-state index is 0.0760. The van der Waals surface area contributed by atoms with Crippen molar-refractivity contribution < 1.29 is 14.0 Å². The van der Waals surface area contributed by atoms with Gasteiger partial charge in [-0.05, 0) is 35.9 Å². The lowest BCUT2D eigenvalue weighted by atomic mass is 10.1. The number of benzene rings is 2. The van der Waals surface area contributed by atoms with Gasteiger partial charge in [0.25, 0.3) is 11.5 Å². The van der Waals surface area contributed by atoms with Gasteiger partial charge in [-0.15, -0.1) is 0 Å². The van der Waals surface area contributed by atoms with E-state index in [0.29, 0.717) is 42.8 Å². The molecule has 1 atom stereocenters. The summed E-state index contributed by atoms with van der Waals surface area (Å²) >= 11 is 6.09. The Balaban J connectivity index is 1.29. The molecule has 2 aromatic heterocycles. The van der Waals surface area contributed by atoms with Crippen LogP contribution in [-0.4, -0.2) is 67.6 Å². The minimum atomic E-state index is -0.588. The topological polar surface area (TPSA) is 106 Å². The molecule has 2 saturated heterocycles. The number of halogens is 2. The van der Waals surface area contributed by atoms with Crippen LogP contribution in [-0.2, 0) is 30.2 Å². The van der Waals surface area contributed by atoms with Crippen molar-refractivity contribution in [1.82, 2.24) is 23.6 Å². The highest BCUT2D eigenvalue weighted by Crippen LogP contribution is 2.29. The molecule has 0 aliphatic carbocycles. The van der Waals surface area contributed by atoms with E-state index in [1.165, 1.54) is 28.6 Å². The van der Waals surface area contributed by atoms with E-state index in [-0.39, 0.29) is 41.8 Å². The van der Waals surface area contributed by atoms with Crippen LogP contribution in [0.5, 0.6) is 0 Å². The van der Waals surface area contributed by atoms with Gasteiger partial charge in [0.2, 0.25) is 11.9 Å². The summed E-state index contributed by atoms with van der Waals surface area (Å²) in [6.07, 6.45) is 0.0760. The van der Waals surface area contributed by atoms with Gasteiger partial charge < -0.3 is 4.90 Å². The van der Waals surface area contributed by atoms with E-state index in [0.717, 1.165) is 10.1 Å².